The summed E-state index contributed by atoms with van der Waals surface area (Å²) in [5.74, 6) is 0.0988. The van der Waals surface area contributed by atoms with Crippen molar-refractivity contribution in [2.45, 2.75) is 18.8 Å². The number of allylic oxidation sites excluding steroid dienone is 1. The zero-order valence-corrected chi connectivity index (χ0v) is 8.76. The first kappa shape index (κ1) is 10.0. The molecule has 1 unspecified atom stereocenters. The van der Waals surface area contributed by atoms with E-state index >= 15 is 0 Å². The average Bonchev–Trinajstić information content (AvgIpc) is 2.85. The van der Waals surface area contributed by atoms with Gasteiger partial charge in [0.1, 0.15) is 12.1 Å². The molecule has 3 rings (SSSR count). The molecule has 0 aliphatic carbocycles. The Morgan fingerprint density at radius 2 is 2.41 bits per heavy atom. The van der Waals surface area contributed by atoms with Gasteiger partial charge in [0.15, 0.2) is 23.6 Å². The van der Waals surface area contributed by atoms with Crippen molar-refractivity contribution in [2.75, 3.05) is 0 Å². The van der Waals surface area contributed by atoms with E-state index in [1.807, 2.05) is 0 Å². The summed E-state index contributed by atoms with van der Waals surface area (Å²) in [6.45, 7) is 3.47. The molecule has 1 aliphatic rings. The number of imidazole rings is 1. The molecule has 0 aromatic carbocycles. The van der Waals surface area contributed by atoms with Gasteiger partial charge in [-0.2, -0.15) is 0 Å². The minimum atomic E-state index is -1.19. The Morgan fingerprint density at radius 3 is 3.12 bits per heavy atom. The largest absolute Gasteiger partial charge is 0.472 e. The van der Waals surface area contributed by atoms with Gasteiger partial charge in [0.2, 0.25) is 0 Å². The lowest BCUT2D eigenvalue weighted by molar-refractivity contribution is 0.102. The number of H-pyrrole nitrogens is 1. The monoisotopic (exact) mass is 236 g/mol. The third-order valence-corrected chi connectivity index (χ3v) is 2.72. The van der Waals surface area contributed by atoms with E-state index in [0.29, 0.717) is 5.65 Å². The molecule has 2 atom stereocenters. The molecule has 0 radical (unpaired) electrons. The maximum atomic E-state index is 13.3. The van der Waals surface area contributed by atoms with Crippen molar-refractivity contribution in [1.29, 1.82) is 0 Å². The van der Waals surface area contributed by atoms with Gasteiger partial charge in [0, 0.05) is 6.42 Å². The highest BCUT2D eigenvalue weighted by molar-refractivity contribution is 5.68. The normalized spacial score (nSPS) is 24.2. The Kier molecular flexibility index (Phi) is 2.01. The number of halogens is 1. The van der Waals surface area contributed by atoms with Crippen LogP contribution < -0.4 is 5.56 Å². The van der Waals surface area contributed by atoms with Crippen molar-refractivity contribution in [1.82, 2.24) is 19.5 Å². The van der Waals surface area contributed by atoms with Crippen LogP contribution >= 0.6 is 0 Å². The Bertz CT molecular complexity index is 647. The third kappa shape index (κ3) is 1.42. The quantitative estimate of drug-likeness (QED) is 0.798. The lowest BCUT2D eigenvalue weighted by Crippen LogP contribution is -2.10. The van der Waals surface area contributed by atoms with Gasteiger partial charge in [0.05, 0.1) is 6.33 Å². The first-order valence-corrected chi connectivity index (χ1v) is 5.06. The summed E-state index contributed by atoms with van der Waals surface area (Å²) in [6, 6.07) is 0. The molecule has 1 saturated heterocycles. The van der Waals surface area contributed by atoms with Crippen molar-refractivity contribution in [2.24, 2.45) is 0 Å². The molecule has 0 saturated carbocycles. The van der Waals surface area contributed by atoms with Crippen molar-refractivity contribution in [3.8, 4) is 0 Å². The number of ether oxygens (including phenoxy) is 1. The second kappa shape index (κ2) is 3.41. The second-order valence-corrected chi connectivity index (χ2v) is 3.80. The number of aromatic amines is 1. The lowest BCUT2D eigenvalue weighted by Gasteiger charge is -2.11. The minimum Gasteiger partial charge on any atom is -0.472 e. The van der Waals surface area contributed by atoms with Gasteiger partial charge in [-0.25, -0.2) is 14.4 Å². The average molecular weight is 236 g/mol. The predicted octanol–water partition coefficient (Wildman–Crippen LogP) is 0.890. The Hall–Kier alpha value is -2.18. The van der Waals surface area contributed by atoms with Crippen LogP contribution in [0.15, 0.2) is 29.8 Å². The molecule has 1 N–H and O–H groups in total. The van der Waals surface area contributed by atoms with Crippen molar-refractivity contribution in [3.63, 3.8) is 0 Å². The Morgan fingerprint density at radius 1 is 1.59 bits per heavy atom. The molecule has 2 aromatic heterocycles. The summed E-state index contributed by atoms with van der Waals surface area (Å²) >= 11 is 0. The van der Waals surface area contributed by atoms with Crippen LogP contribution in [0.2, 0.25) is 0 Å². The van der Waals surface area contributed by atoms with Crippen LogP contribution in [0.5, 0.6) is 0 Å². The molecule has 7 heteroatoms. The Balaban J connectivity index is 2.10. The van der Waals surface area contributed by atoms with Crippen LogP contribution in [-0.2, 0) is 4.74 Å². The molecular formula is C10H9FN4O2. The SMILES string of the molecule is C=C1OC(n2cnc3c(=O)[nH]cnc32)C[C@@H]1F. The fourth-order valence-corrected chi connectivity index (χ4v) is 1.85. The van der Waals surface area contributed by atoms with E-state index in [2.05, 4.69) is 21.5 Å². The van der Waals surface area contributed by atoms with Gasteiger partial charge in [0.25, 0.3) is 5.56 Å². The highest BCUT2D eigenvalue weighted by Gasteiger charge is 2.32. The van der Waals surface area contributed by atoms with Gasteiger partial charge in [-0.05, 0) is 0 Å². The summed E-state index contributed by atoms with van der Waals surface area (Å²) in [5, 5.41) is 0. The first-order valence-electron chi connectivity index (χ1n) is 5.06. The number of nitrogens with zero attached hydrogens (tertiary/aromatic N) is 3. The molecule has 1 aliphatic heterocycles. The number of hydrogen-bond donors (Lipinski definition) is 1. The van der Waals surface area contributed by atoms with Gasteiger partial charge in [-0.15, -0.1) is 0 Å². The maximum Gasteiger partial charge on any atom is 0.278 e. The fraction of sp³-hybridized carbons (Fsp3) is 0.300. The molecule has 88 valence electrons. The molecular weight excluding hydrogens is 227 g/mol. The van der Waals surface area contributed by atoms with Crippen LogP contribution in [-0.4, -0.2) is 25.7 Å². The molecule has 2 aromatic rings. The van der Waals surface area contributed by atoms with Crippen LogP contribution in [0.1, 0.15) is 12.6 Å². The van der Waals surface area contributed by atoms with E-state index < -0.39 is 12.4 Å². The molecule has 1 fully saturated rings. The van der Waals surface area contributed by atoms with Crippen LogP contribution in [0.25, 0.3) is 11.2 Å². The first-order chi connectivity index (χ1) is 8.16. The van der Waals surface area contributed by atoms with Crippen molar-refractivity contribution in [3.05, 3.63) is 35.3 Å². The second-order valence-electron chi connectivity index (χ2n) is 3.80. The summed E-state index contributed by atoms with van der Waals surface area (Å²) < 4.78 is 20.1. The molecule has 3 heterocycles. The highest BCUT2D eigenvalue weighted by atomic mass is 19.1. The topological polar surface area (TPSA) is 72.8 Å². The smallest absolute Gasteiger partial charge is 0.278 e. The van der Waals surface area contributed by atoms with Crippen molar-refractivity contribution >= 4 is 11.2 Å². The standard InChI is InChI=1S/C10H9FN4O2/c1-5-6(11)2-7(17-5)15-4-14-8-9(15)12-3-13-10(8)16/h3-4,6-7H,1-2H2,(H,12,13,16)/t6-,7?/m0/s1. The fourth-order valence-electron chi connectivity index (χ4n) is 1.85. The van der Waals surface area contributed by atoms with Crippen LogP contribution in [0, 0.1) is 0 Å². The number of rotatable bonds is 1. The third-order valence-electron chi connectivity index (χ3n) is 2.72. The molecule has 0 spiro atoms. The molecule has 0 bridgehead atoms. The summed E-state index contributed by atoms with van der Waals surface area (Å²) in [6.07, 6.45) is 1.11. The van der Waals surface area contributed by atoms with E-state index in [9.17, 15) is 9.18 Å². The van der Waals surface area contributed by atoms with E-state index in [1.54, 1.807) is 0 Å². The number of alkyl halides is 1. The van der Waals surface area contributed by atoms with Gasteiger partial charge in [-0.3, -0.25) is 9.36 Å². The molecule has 17 heavy (non-hydrogen) atoms. The van der Waals surface area contributed by atoms with Gasteiger partial charge < -0.3 is 9.72 Å². The van der Waals surface area contributed by atoms with E-state index in [1.165, 1.54) is 17.2 Å². The van der Waals surface area contributed by atoms with Crippen molar-refractivity contribution < 1.29 is 9.13 Å². The number of fused-ring (bicyclic) bond motifs is 1. The minimum absolute atomic E-state index is 0.0988. The number of hydrogen-bond acceptors (Lipinski definition) is 4. The van der Waals surface area contributed by atoms with E-state index in [4.69, 9.17) is 4.74 Å². The highest BCUT2D eigenvalue weighted by Crippen LogP contribution is 2.33. The maximum absolute atomic E-state index is 13.3. The number of nitrogens with one attached hydrogen (secondary N) is 1. The van der Waals surface area contributed by atoms with Gasteiger partial charge in [-0.1, -0.05) is 6.58 Å². The Labute approximate surface area is 94.8 Å². The van der Waals surface area contributed by atoms with E-state index in [-0.39, 0.29) is 23.3 Å². The van der Waals surface area contributed by atoms with Gasteiger partial charge >= 0.3 is 0 Å². The summed E-state index contributed by atoms with van der Waals surface area (Å²) in [4.78, 5) is 21.8. The molecule has 6 nitrogen and oxygen atoms in total. The zero-order valence-electron chi connectivity index (χ0n) is 8.76. The van der Waals surface area contributed by atoms with Crippen LogP contribution in [0.4, 0.5) is 4.39 Å². The molecule has 0 amide bonds. The lowest BCUT2D eigenvalue weighted by atomic mass is 10.3. The summed E-state index contributed by atoms with van der Waals surface area (Å²) in [7, 11) is 0. The van der Waals surface area contributed by atoms with Crippen LogP contribution in [0.3, 0.4) is 0 Å². The summed E-state index contributed by atoms with van der Waals surface area (Å²) in [5.41, 5.74) is 0.257. The van der Waals surface area contributed by atoms with E-state index in [0.717, 1.165) is 0 Å². The number of aromatic nitrogens is 4. The predicted molar refractivity (Wildman–Crippen MR) is 56.9 cm³/mol. The zero-order chi connectivity index (χ0) is 12.0.